The molecule has 0 saturated heterocycles. The second-order valence-corrected chi connectivity index (χ2v) is 4.32. The molecule has 0 amide bonds. The van der Waals surface area contributed by atoms with Crippen LogP contribution >= 0.6 is 0 Å². The highest BCUT2D eigenvalue weighted by Crippen LogP contribution is 2.29. The summed E-state index contributed by atoms with van der Waals surface area (Å²) < 4.78 is 37.6. The fraction of sp³-hybridized carbons (Fsp3) is 0.462. The summed E-state index contributed by atoms with van der Waals surface area (Å²) in [5, 5.41) is 8.58. The van der Waals surface area contributed by atoms with Crippen molar-refractivity contribution >= 4 is 0 Å². The van der Waals surface area contributed by atoms with E-state index in [-0.39, 0.29) is 6.04 Å². The van der Waals surface area contributed by atoms with E-state index >= 15 is 0 Å². The van der Waals surface area contributed by atoms with Crippen LogP contribution in [0.3, 0.4) is 0 Å². The van der Waals surface area contributed by atoms with E-state index in [1.54, 1.807) is 13.1 Å². The van der Waals surface area contributed by atoms with Gasteiger partial charge in [-0.05, 0) is 25.6 Å². The number of hydrogen-bond donors (Lipinski definition) is 0. The lowest BCUT2D eigenvalue weighted by Crippen LogP contribution is -2.28. The molecule has 18 heavy (non-hydrogen) atoms. The lowest BCUT2D eigenvalue weighted by atomic mass is 10.1. The quantitative estimate of drug-likeness (QED) is 0.825. The molecule has 1 rings (SSSR count). The highest BCUT2D eigenvalue weighted by atomic mass is 19.4. The van der Waals surface area contributed by atoms with Crippen LogP contribution in [-0.4, -0.2) is 18.0 Å². The van der Waals surface area contributed by atoms with Crippen molar-refractivity contribution in [2.45, 2.75) is 32.1 Å². The number of benzene rings is 1. The molecule has 0 saturated carbocycles. The van der Waals surface area contributed by atoms with Crippen LogP contribution in [0.25, 0.3) is 0 Å². The van der Waals surface area contributed by atoms with Gasteiger partial charge in [-0.2, -0.15) is 18.4 Å². The lowest BCUT2D eigenvalue weighted by Gasteiger charge is -2.22. The molecule has 0 aliphatic heterocycles. The Balaban J connectivity index is 2.77. The molecule has 0 radical (unpaired) electrons. The molecule has 0 spiro atoms. The van der Waals surface area contributed by atoms with Crippen LogP contribution in [0, 0.1) is 11.3 Å². The molecule has 0 fully saturated rings. The predicted octanol–water partition coefficient (Wildman–Crippen LogP) is 3.44. The number of rotatable bonds is 4. The van der Waals surface area contributed by atoms with Gasteiger partial charge < -0.3 is 0 Å². The number of hydrogen-bond acceptors (Lipinski definition) is 2. The van der Waals surface area contributed by atoms with E-state index in [2.05, 4.69) is 0 Å². The highest BCUT2D eigenvalue weighted by Gasteiger charge is 2.30. The van der Waals surface area contributed by atoms with Crippen LogP contribution in [0.2, 0.25) is 0 Å². The number of nitrogens with zero attached hydrogens (tertiary/aromatic N) is 2. The molecule has 5 heteroatoms. The Morgan fingerprint density at radius 2 is 2.06 bits per heavy atom. The molecule has 1 aromatic rings. The Hall–Kier alpha value is -1.54. The van der Waals surface area contributed by atoms with Crippen LogP contribution in [0.4, 0.5) is 13.2 Å². The van der Waals surface area contributed by atoms with Crippen molar-refractivity contribution in [1.29, 1.82) is 5.26 Å². The standard InChI is InChI=1S/C13H15F3N2/c1-10(6-7-17)18(2)9-11-4-3-5-12(8-11)13(14,15)16/h3-5,8,10H,6,9H2,1-2H3. The maximum absolute atomic E-state index is 12.5. The number of nitriles is 1. The molecule has 0 N–H and O–H groups in total. The van der Waals surface area contributed by atoms with Crippen molar-refractivity contribution in [1.82, 2.24) is 4.90 Å². The largest absolute Gasteiger partial charge is 0.416 e. The van der Waals surface area contributed by atoms with Crippen molar-refractivity contribution < 1.29 is 13.2 Å². The fourth-order valence-corrected chi connectivity index (χ4v) is 1.58. The van der Waals surface area contributed by atoms with E-state index < -0.39 is 11.7 Å². The zero-order valence-electron chi connectivity index (χ0n) is 10.3. The van der Waals surface area contributed by atoms with Gasteiger partial charge in [0.05, 0.1) is 18.1 Å². The topological polar surface area (TPSA) is 27.0 Å². The first-order chi connectivity index (χ1) is 8.34. The summed E-state index contributed by atoms with van der Waals surface area (Å²) in [5.41, 5.74) is -0.0431. The minimum atomic E-state index is -4.31. The summed E-state index contributed by atoms with van der Waals surface area (Å²) in [6, 6.07) is 7.33. The average Bonchev–Trinajstić information content (AvgIpc) is 2.28. The Bertz CT molecular complexity index is 435. The number of halogens is 3. The van der Waals surface area contributed by atoms with Gasteiger partial charge in [0.1, 0.15) is 0 Å². The second kappa shape index (κ2) is 5.87. The Labute approximate surface area is 105 Å². The molecule has 2 nitrogen and oxygen atoms in total. The van der Waals surface area contributed by atoms with Gasteiger partial charge in [0.15, 0.2) is 0 Å². The molecule has 1 atom stereocenters. The highest BCUT2D eigenvalue weighted by molar-refractivity contribution is 5.25. The summed E-state index contributed by atoms with van der Waals surface area (Å²) in [6.45, 7) is 2.27. The Morgan fingerprint density at radius 3 is 2.61 bits per heavy atom. The normalized spacial score (nSPS) is 13.4. The third kappa shape index (κ3) is 4.04. The minimum absolute atomic E-state index is 0.0181. The van der Waals surface area contributed by atoms with E-state index in [1.807, 2.05) is 17.9 Å². The predicted molar refractivity (Wildman–Crippen MR) is 62.6 cm³/mol. The first-order valence-corrected chi connectivity index (χ1v) is 5.58. The van der Waals surface area contributed by atoms with Gasteiger partial charge in [-0.1, -0.05) is 18.2 Å². The van der Waals surface area contributed by atoms with E-state index in [1.165, 1.54) is 6.07 Å². The summed E-state index contributed by atoms with van der Waals surface area (Å²) in [7, 11) is 1.79. The fourth-order valence-electron chi connectivity index (χ4n) is 1.58. The van der Waals surface area contributed by atoms with Crippen molar-refractivity contribution in [3.8, 4) is 6.07 Å². The van der Waals surface area contributed by atoms with Gasteiger partial charge in [-0.25, -0.2) is 0 Å². The maximum atomic E-state index is 12.5. The second-order valence-electron chi connectivity index (χ2n) is 4.32. The van der Waals surface area contributed by atoms with Crippen LogP contribution in [0.15, 0.2) is 24.3 Å². The molecule has 0 bridgehead atoms. The van der Waals surface area contributed by atoms with Crippen LogP contribution < -0.4 is 0 Å². The average molecular weight is 256 g/mol. The zero-order valence-corrected chi connectivity index (χ0v) is 10.3. The number of alkyl halides is 3. The monoisotopic (exact) mass is 256 g/mol. The maximum Gasteiger partial charge on any atom is 0.416 e. The first-order valence-electron chi connectivity index (χ1n) is 5.58. The third-order valence-corrected chi connectivity index (χ3v) is 2.83. The van der Waals surface area contributed by atoms with Gasteiger partial charge in [0.2, 0.25) is 0 Å². The molecule has 0 heterocycles. The van der Waals surface area contributed by atoms with Gasteiger partial charge in [0.25, 0.3) is 0 Å². The SMILES string of the molecule is CC(CC#N)N(C)Cc1cccc(C(F)(F)F)c1. The molecule has 1 unspecified atom stereocenters. The molecular weight excluding hydrogens is 241 g/mol. The molecular formula is C13H15F3N2. The summed E-state index contributed by atoms with van der Waals surface area (Å²) in [6.07, 6.45) is -3.96. The van der Waals surface area contributed by atoms with E-state index in [4.69, 9.17) is 5.26 Å². The first kappa shape index (κ1) is 14.5. The van der Waals surface area contributed by atoms with Crippen LogP contribution in [0.5, 0.6) is 0 Å². The van der Waals surface area contributed by atoms with Gasteiger partial charge in [-0.15, -0.1) is 0 Å². The van der Waals surface area contributed by atoms with E-state index in [9.17, 15) is 13.2 Å². The molecule has 0 aliphatic carbocycles. The summed E-state index contributed by atoms with van der Waals surface area (Å²) in [4.78, 5) is 1.86. The van der Waals surface area contributed by atoms with Crippen LogP contribution in [-0.2, 0) is 12.7 Å². The zero-order chi connectivity index (χ0) is 13.8. The summed E-state index contributed by atoms with van der Waals surface area (Å²) >= 11 is 0. The van der Waals surface area contributed by atoms with Gasteiger partial charge in [0, 0.05) is 12.6 Å². The molecule has 98 valence electrons. The van der Waals surface area contributed by atoms with E-state index in [0.717, 1.165) is 12.1 Å². The van der Waals surface area contributed by atoms with Gasteiger partial charge in [-0.3, -0.25) is 4.90 Å². The summed E-state index contributed by atoms with van der Waals surface area (Å²) in [5.74, 6) is 0. The van der Waals surface area contributed by atoms with E-state index in [0.29, 0.717) is 18.5 Å². The minimum Gasteiger partial charge on any atom is -0.298 e. The Kier molecular flexibility index (Phi) is 4.74. The van der Waals surface area contributed by atoms with Crippen molar-refractivity contribution in [2.75, 3.05) is 7.05 Å². The van der Waals surface area contributed by atoms with Crippen LogP contribution in [0.1, 0.15) is 24.5 Å². The lowest BCUT2D eigenvalue weighted by molar-refractivity contribution is -0.137. The molecule has 0 aliphatic rings. The van der Waals surface area contributed by atoms with Crippen molar-refractivity contribution in [2.24, 2.45) is 0 Å². The smallest absolute Gasteiger partial charge is 0.298 e. The van der Waals surface area contributed by atoms with Gasteiger partial charge >= 0.3 is 6.18 Å². The molecule has 1 aromatic carbocycles. The third-order valence-electron chi connectivity index (χ3n) is 2.83. The van der Waals surface area contributed by atoms with Crippen molar-refractivity contribution in [3.05, 3.63) is 35.4 Å². The molecule has 0 aromatic heterocycles. The Morgan fingerprint density at radius 1 is 1.39 bits per heavy atom. The van der Waals surface area contributed by atoms with Crippen molar-refractivity contribution in [3.63, 3.8) is 0 Å².